The van der Waals surface area contributed by atoms with E-state index in [2.05, 4.69) is 0 Å². The number of rotatable bonds is 5. The number of hydrogen-bond acceptors (Lipinski definition) is 3. The third kappa shape index (κ3) is 2.88. The highest BCUT2D eigenvalue weighted by molar-refractivity contribution is 7.89. The van der Waals surface area contributed by atoms with E-state index in [9.17, 15) is 13.2 Å². The number of benzene rings is 1. The van der Waals surface area contributed by atoms with Crippen molar-refractivity contribution in [3.63, 3.8) is 0 Å². The van der Waals surface area contributed by atoms with Crippen molar-refractivity contribution in [3.8, 4) is 0 Å². The number of aryl methyl sites for hydroxylation is 1. The maximum absolute atomic E-state index is 12.1. The first-order chi connectivity index (χ1) is 8.30. The van der Waals surface area contributed by atoms with Gasteiger partial charge >= 0.3 is 5.97 Å². The van der Waals surface area contributed by atoms with Crippen LogP contribution in [0.3, 0.4) is 0 Å². The van der Waals surface area contributed by atoms with E-state index in [1.165, 1.54) is 29.6 Å². The largest absolute Gasteiger partial charge is 0.478 e. The Labute approximate surface area is 107 Å². The molecule has 0 spiro atoms. The molecule has 0 fully saturated rings. The van der Waals surface area contributed by atoms with Crippen molar-refractivity contribution >= 4 is 16.0 Å². The van der Waals surface area contributed by atoms with Gasteiger partial charge in [0.2, 0.25) is 10.0 Å². The van der Waals surface area contributed by atoms with Gasteiger partial charge in [0, 0.05) is 13.6 Å². The predicted molar refractivity (Wildman–Crippen MR) is 68.2 cm³/mol. The Morgan fingerprint density at radius 1 is 1.39 bits per heavy atom. The fraction of sp³-hybridized carbons (Fsp3) is 0.417. The molecule has 1 aromatic rings. The summed E-state index contributed by atoms with van der Waals surface area (Å²) in [4.78, 5) is 11.0. The second-order valence-electron chi connectivity index (χ2n) is 4.11. The summed E-state index contributed by atoms with van der Waals surface area (Å²) < 4.78 is 25.5. The van der Waals surface area contributed by atoms with Crippen LogP contribution in [0.2, 0.25) is 0 Å². The number of carboxylic acid groups (broad SMARTS) is 1. The van der Waals surface area contributed by atoms with Crippen LogP contribution in [-0.2, 0) is 10.0 Å². The van der Waals surface area contributed by atoms with E-state index in [-0.39, 0.29) is 10.5 Å². The Hall–Kier alpha value is -1.40. The van der Waals surface area contributed by atoms with Gasteiger partial charge in [0.05, 0.1) is 10.5 Å². The van der Waals surface area contributed by atoms with E-state index in [1.807, 2.05) is 6.92 Å². The van der Waals surface area contributed by atoms with Gasteiger partial charge in [-0.2, -0.15) is 0 Å². The molecule has 1 aromatic carbocycles. The molecule has 0 saturated heterocycles. The average molecular weight is 271 g/mol. The lowest BCUT2D eigenvalue weighted by Crippen LogP contribution is -2.27. The van der Waals surface area contributed by atoms with E-state index in [0.717, 1.165) is 0 Å². The zero-order valence-electron chi connectivity index (χ0n) is 10.7. The first-order valence-electron chi connectivity index (χ1n) is 5.61. The van der Waals surface area contributed by atoms with Gasteiger partial charge in [-0.25, -0.2) is 17.5 Å². The highest BCUT2D eigenvalue weighted by atomic mass is 32.2. The third-order valence-electron chi connectivity index (χ3n) is 2.69. The van der Waals surface area contributed by atoms with Gasteiger partial charge in [-0.1, -0.05) is 13.0 Å². The summed E-state index contributed by atoms with van der Waals surface area (Å²) in [5.74, 6) is -1.12. The van der Waals surface area contributed by atoms with Crippen molar-refractivity contribution in [1.82, 2.24) is 4.31 Å². The molecule has 18 heavy (non-hydrogen) atoms. The highest BCUT2D eigenvalue weighted by Crippen LogP contribution is 2.19. The van der Waals surface area contributed by atoms with E-state index in [4.69, 9.17) is 5.11 Å². The molecule has 0 aliphatic carbocycles. The lowest BCUT2D eigenvalue weighted by Gasteiger charge is -2.16. The maximum Gasteiger partial charge on any atom is 0.335 e. The number of carboxylic acids is 1. The van der Waals surface area contributed by atoms with Crippen LogP contribution in [0.1, 0.15) is 29.3 Å². The Balaban J connectivity index is 3.26. The van der Waals surface area contributed by atoms with Crippen molar-refractivity contribution in [2.75, 3.05) is 13.6 Å². The molecule has 0 aromatic heterocycles. The van der Waals surface area contributed by atoms with Gasteiger partial charge in [-0.05, 0) is 31.0 Å². The van der Waals surface area contributed by atoms with Crippen molar-refractivity contribution in [1.29, 1.82) is 0 Å². The van der Waals surface area contributed by atoms with Crippen LogP contribution in [0.4, 0.5) is 0 Å². The zero-order valence-corrected chi connectivity index (χ0v) is 11.5. The first-order valence-corrected chi connectivity index (χ1v) is 7.05. The zero-order chi connectivity index (χ0) is 13.9. The molecular weight excluding hydrogens is 254 g/mol. The molecule has 1 rings (SSSR count). The molecule has 1 N–H and O–H groups in total. The average Bonchev–Trinajstić information content (AvgIpc) is 2.29. The monoisotopic (exact) mass is 271 g/mol. The molecule has 0 unspecified atom stereocenters. The predicted octanol–water partition coefficient (Wildman–Crippen LogP) is 1.72. The van der Waals surface area contributed by atoms with Crippen molar-refractivity contribution < 1.29 is 18.3 Å². The topological polar surface area (TPSA) is 74.7 Å². The number of sulfonamides is 1. The van der Waals surface area contributed by atoms with Gasteiger partial charge in [-0.15, -0.1) is 0 Å². The Morgan fingerprint density at radius 3 is 2.50 bits per heavy atom. The number of aromatic carboxylic acids is 1. The summed E-state index contributed by atoms with van der Waals surface area (Å²) in [5.41, 5.74) is 0.556. The van der Waals surface area contributed by atoms with Crippen LogP contribution < -0.4 is 0 Å². The third-order valence-corrected chi connectivity index (χ3v) is 4.54. The van der Waals surface area contributed by atoms with Gasteiger partial charge in [0.25, 0.3) is 0 Å². The Morgan fingerprint density at radius 2 is 2.00 bits per heavy atom. The van der Waals surface area contributed by atoms with E-state index in [0.29, 0.717) is 18.5 Å². The fourth-order valence-electron chi connectivity index (χ4n) is 1.61. The molecule has 0 heterocycles. The lowest BCUT2D eigenvalue weighted by atomic mass is 10.1. The first kappa shape index (κ1) is 14.7. The number of carbonyl (C=O) groups is 1. The minimum Gasteiger partial charge on any atom is -0.478 e. The van der Waals surface area contributed by atoms with Crippen LogP contribution in [-0.4, -0.2) is 37.4 Å². The number of nitrogens with zero attached hydrogens (tertiary/aromatic N) is 1. The minimum atomic E-state index is -3.60. The molecule has 5 nitrogen and oxygen atoms in total. The van der Waals surface area contributed by atoms with Gasteiger partial charge in [0.1, 0.15) is 0 Å². The van der Waals surface area contributed by atoms with Crippen LogP contribution in [0.5, 0.6) is 0 Å². The smallest absolute Gasteiger partial charge is 0.335 e. The Kier molecular flexibility index (Phi) is 4.48. The van der Waals surface area contributed by atoms with Crippen LogP contribution >= 0.6 is 0 Å². The summed E-state index contributed by atoms with van der Waals surface area (Å²) in [6.07, 6.45) is 0.702. The molecule has 0 radical (unpaired) electrons. The summed E-state index contributed by atoms with van der Waals surface area (Å²) >= 11 is 0. The van der Waals surface area contributed by atoms with Gasteiger partial charge in [-0.3, -0.25) is 0 Å². The second-order valence-corrected chi connectivity index (χ2v) is 6.15. The molecule has 0 aliphatic rings. The molecule has 0 amide bonds. The summed E-state index contributed by atoms with van der Waals surface area (Å²) in [5, 5.41) is 8.99. The standard InChI is InChI=1S/C12H17NO4S/c1-4-7-13(3)18(16,17)10-6-5-9(2)11(8-10)12(14)15/h5-6,8H,4,7H2,1-3H3,(H,14,15). The molecule has 0 aliphatic heterocycles. The van der Waals surface area contributed by atoms with Gasteiger partial charge in [0.15, 0.2) is 0 Å². The van der Waals surface area contributed by atoms with Crippen LogP contribution in [0.25, 0.3) is 0 Å². The number of hydrogen-bond donors (Lipinski definition) is 1. The minimum absolute atomic E-state index is 0.0148. The maximum atomic E-state index is 12.1. The second kappa shape index (κ2) is 5.49. The van der Waals surface area contributed by atoms with E-state index >= 15 is 0 Å². The summed E-state index contributed by atoms with van der Waals surface area (Å²) in [6.45, 7) is 3.91. The van der Waals surface area contributed by atoms with E-state index < -0.39 is 16.0 Å². The lowest BCUT2D eigenvalue weighted by molar-refractivity contribution is 0.0696. The highest BCUT2D eigenvalue weighted by Gasteiger charge is 2.21. The molecular formula is C12H17NO4S. The normalized spacial score (nSPS) is 11.8. The summed E-state index contributed by atoms with van der Waals surface area (Å²) in [6, 6.07) is 4.15. The quantitative estimate of drug-likeness (QED) is 0.885. The van der Waals surface area contributed by atoms with E-state index in [1.54, 1.807) is 6.92 Å². The SMILES string of the molecule is CCCN(C)S(=O)(=O)c1ccc(C)c(C(=O)O)c1. The molecule has 0 saturated carbocycles. The molecule has 6 heteroatoms. The molecule has 0 bridgehead atoms. The van der Waals surface area contributed by atoms with Crippen molar-refractivity contribution in [3.05, 3.63) is 29.3 Å². The summed E-state index contributed by atoms with van der Waals surface area (Å²) in [7, 11) is -2.12. The van der Waals surface area contributed by atoms with Crippen LogP contribution in [0, 0.1) is 6.92 Å². The Bertz CT molecular complexity index is 551. The molecule has 0 atom stereocenters. The van der Waals surface area contributed by atoms with Crippen LogP contribution in [0.15, 0.2) is 23.1 Å². The van der Waals surface area contributed by atoms with Crippen molar-refractivity contribution in [2.45, 2.75) is 25.2 Å². The van der Waals surface area contributed by atoms with Gasteiger partial charge < -0.3 is 5.11 Å². The molecule has 100 valence electrons. The fourth-order valence-corrected chi connectivity index (χ4v) is 2.90. The van der Waals surface area contributed by atoms with Crippen molar-refractivity contribution in [2.24, 2.45) is 0 Å².